The van der Waals surface area contributed by atoms with Crippen LogP contribution >= 0.6 is 0 Å². The number of hydrogen-bond donors (Lipinski definition) is 1. The van der Waals surface area contributed by atoms with Crippen molar-refractivity contribution in [2.24, 2.45) is 0 Å². The Kier molecular flexibility index (Phi) is 5.61. The van der Waals surface area contributed by atoms with Crippen LogP contribution in [-0.2, 0) is 14.3 Å². The van der Waals surface area contributed by atoms with Crippen molar-refractivity contribution in [1.29, 1.82) is 0 Å². The first kappa shape index (κ1) is 18.3. The molecule has 0 saturated carbocycles. The number of aryl methyl sites for hydroxylation is 1. The van der Waals surface area contributed by atoms with Crippen LogP contribution in [0.1, 0.15) is 18.2 Å². The van der Waals surface area contributed by atoms with Gasteiger partial charge < -0.3 is 10.1 Å². The Morgan fingerprint density at radius 1 is 1.04 bits per heavy atom. The summed E-state index contributed by atoms with van der Waals surface area (Å²) in [4.78, 5) is 28.6. The van der Waals surface area contributed by atoms with Gasteiger partial charge in [-0.25, -0.2) is 9.78 Å². The largest absolute Gasteiger partial charge is 0.449 e. The Morgan fingerprint density at radius 2 is 1.78 bits per heavy atom. The predicted octanol–water partition coefficient (Wildman–Crippen LogP) is 4.13. The summed E-state index contributed by atoms with van der Waals surface area (Å²) in [6, 6.07) is 18.9. The van der Waals surface area contributed by atoms with Crippen LogP contribution in [0.25, 0.3) is 17.0 Å². The van der Waals surface area contributed by atoms with E-state index in [1.165, 1.54) is 13.0 Å². The molecule has 0 aliphatic carbocycles. The molecule has 136 valence electrons. The number of pyridine rings is 1. The molecule has 0 bridgehead atoms. The summed E-state index contributed by atoms with van der Waals surface area (Å²) in [5.74, 6) is -0.985. The quantitative estimate of drug-likeness (QED) is 0.549. The molecule has 2 aromatic carbocycles. The number of carbonyl (C=O) groups excluding carboxylic acids is 2. The average Bonchev–Trinajstić information content (AvgIpc) is 2.68. The molecule has 0 spiro atoms. The van der Waals surface area contributed by atoms with Gasteiger partial charge in [0.2, 0.25) is 0 Å². The number of nitrogens with zero attached hydrogens (tertiary/aromatic N) is 1. The molecule has 5 heteroatoms. The van der Waals surface area contributed by atoms with Gasteiger partial charge in [-0.3, -0.25) is 4.79 Å². The Hall–Kier alpha value is -3.47. The molecular formula is C22H20N2O3. The van der Waals surface area contributed by atoms with Gasteiger partial charge in [0.05, 0.1) is 11.2 Å². The van der Waals surface area contributed by atoms with Crippen molar-refractivity contribution in [2.75, 3.05) is 5.32 Å². The number of benzene rings is 2. The lowest BCUT2D eigenvalue weighted by Crippen LogP contribution is -2.29. The Balaban J connectivity index is 1.57. The molecule has 5 nitrogen and oxygen atoms in total. The molecule has 0 aliphatic rings. The summed E-state index contributed by atoms with van der Waals surface area (Å²) < 4.78 is 5.15. The number of carbonyl (C=O) groups is 2. The number of nitrogens with one attached hydrogen (secondary N) is 1. The van der Waals surface area contributed by atoms with Crippen molar-refractivity contribution in [2.45, 2.75) is 20.0 Å². The second-order valence-electron chi connectivity index (χ2n) is 6.20. The summed E-state index contributed by atoms with van der Waals surface area (Å²) in [5, 5.41) is 3.74. The molecule has 0 unspecified atom stereocenters. The summed E-state index contributed by atoms with van der Waals surface area (Å²) in [5.41, 5.74) is 3.24. The third-order valence-corrected chi connectivity index (χ3v) is 3.99. The van der Waals surface area contributed by atoms with Crippen molar-refractivity contribution >= 4 is 34.5 Å². The lowest BCUT2D eigenvalue weighted by Gasteiger charge is -2.12. The van der Waals surface area contributed by atoms with Crippen molar-refractivity contribution < 1.29 is 14.3 Å². The number of anilines is 1. The highest BCUT2D eigenvalue weighted by atomic mass is 16.5. The number of rotatable bonds is 5. The van der Waals surface area contributed by atoms with E-state index in [1.807, 2.05) is 55.5 Å². The van der Waals surface area contributed by atoms with E-state index >= 15 is 0 Å². The number of ether oxygens (including phenoxy) is 1. The van der Waals surface area contributed by atoms with Crippen LogP contribution in [-0.4, -0.2) is 23.0 Å². The summed E-state index contributed by atoms with van der Waals surface area (Å²) in [7, 11) is 0. The minimum atomic E-state index is -0.909. The summed E-state index contributed by atoms with van der Waals surface area (Å²) >= 11 is 0. The molecule has 3 aromatic rings. The van der Waals surface area contributed by atoms with Crippen molar-refractivity contribution in [3.63, 3.8) is 0 Å². The number of hydrogen-bond acceptors (Lipinski definition) is 4. The van der Waals surface area contributed by atoms with Crippen LogP contribution in [0.4, 0.5) is 5.69 Å². The number of fused-ring (bicyclic) bond motifs is 1. The normalized spacial score (nSPS) is 12.1. The molecule has 0 radical (unpaired) electrons. The van der Waals surface area contributed by atoms with Gasteiger partial charge in [0.15, 0.2) is 6.10 Å². The molecule has 3 rings (SSSR count). The van der Waals surface area contributed by atoms with Crippen LogP contribution in [0, 0.1) is 6.92 Å². The fourth-order valence-corrected chi connectivity index (χ4v) is 2.48. The Bertz CT molecular complexity index is 994. The van der Waals surface area contributed by atoms with Crippen LogP contribution in [0.2, 0.25) is 0 Å². The van der Waals surface area contributed by atoms with Crippen LogP contribution in [0.5, 0.6) is 0 Å². The fourth-order valence-electron chi connectivity index (χ4n) is 2.48. The van der Waals surface area contributed by atoms with Crippen molar-refractivity contribution in [1.82, 2.24) is 4.98 Å². The van der Waals surface area contributed by atoms with E-state index < -0.39 is 12.1 Å². The van der Waals surface area contributed by atoms with Crippen molar-refractivity contribution in [3.8, 4) is 0 Å². The zero-order valence-electron chi connectivity index (χ0n) is 15.2. The molecule has 0 aliphatic heterocycles. The fraction of sp³-hybridized carbons (Fsp3) is 0.136. The minimum absolute atomic E-state index is 0.385. The zero-order chi connectivity index (χ0) is 19.2. The van der Waals surface area contributed by atoms with E-state index in [-0.39, 0.29) is 5.91 Å². The van der Waals surface area contributed by atoms with E-state index in [1.54, 1.807) is 18.2 Å². The highest BCUT2D eigenvalue weighted by molar-refractivity contribution is 5.96. The van der Waals surface area contributed by atoms with Gasteiger partial charge in [-0.2, -0.15) is 0 Å². The molecule has 27 heavy (non-hydrogen) atoms. The van der Waals surface area contributed by atoms with E-state index in [9.17, 15) is 9.59 Å². The smallest absolute Gasteiger partial charge is 0.331 e. The number of amides is 1. The third-order valence-electron chi connectivity index (χ3n) is 3.99. The van der Waals surface area contributed by atoms with Gasteiger partial charge in [0.25, 0.3) is 5.91 Å². The predicted molar refractivity (Wildman–Crippen MR) is 106 cm³/mol. The van der Waals surface area contributed by atoms with E-state index in [4.69, 9.17) is 4.74 Å². The Morgan fingerprint density at radius 3 is 2.56 bits per heavy atom. The van der Waals surface area contributed by atoms with Gasteiger partial charge in [0, 0.05) is 17.1 Å². The van der Waals surface area contributed by atoms with E-state index in [0.29, 0.717) is 11.4 Å². The third kappa shape index (κ3) is 5.01. The lowest BCUT2D eigenvalue weighted by atomic mass is 10.2. The second kappa shape index (κ2) is 8.27. The van der Waals surface area contributed by atoms with Gasteiger partial charge in [-0.1, -0.05) is 42.0 Å². The minimum Gasteiger partial charge on any atom is -0.449 e. The topological polar surface area (TPSA) is 68.3 Å². The zero-order valence-corrected chi connectivity index (χ0v) is 15.2. The van der Waals surface area contributed by atoms with Gasteiger partial charge in [-0.15, -0.1) is 0 Å². The molecule has 1 atom stereocenters. The average molecular weight is 360 g/mol. The molecule has 0 fully saturated rings. The van der Waals surface area contributed by atoms with Gasteiger partial charge in [0.1, 0.15) is 0 Å². The molecular weight excluding hydrogens is 340 g/mol. The van der Waals surface area contributed by atoms with E-state index in [2.05, 4.69) is 10.3 Å². The summed E-state index contributed by atoms with van der Waals surface area (Å²) in [6.07, 6.45) is 1.93. The van der Waals surface area contributed by atoms with Gasteiger partial charge in [-0.05, 0) is 44.2 Å². The highest BCUT2D eigenvalue weighted by Crippen LogP contribution is 2.13. The van der Waals surface area contributed by atoms with Crippen molar-refractivity contribution in [3.05, 3.63) is 78.0 Å². The first-order valence-corrected chi connectivity index (χ1v) is 8.63. The monoisotopic (exact) mass is 360 g/mol. The number of esters is 1. The maximum atomic E-state index is 12.1. The number of para-hydroxylation sites is 1. The standard InChI is InChI=1S/C22H20N2O3/c1-15-7-10-19(11-8-15)24-22(26)16(2)27-21(25)14-13-18-12-9-17-5-3-4-6-20(17)23-18/h3-14,16H,1-2H3,(H,24,26)/b14-13+/t16-/m0/s1. The first-order chi connectivity index (χ1) is 13.0. The highest BCUT2D eigenvalue weighted by Gasteiger charge is 2.16. The first-order valence-electron chi connectivity index (χ1n) is 8.63. The molecule has 0 saturated heterocycles. The van der Waals surface area contributed by atoms with Gasteiger partial charge >= 0.3 is 5.97 Å². The molecule has 1 heterocycles. The summed E-state index contributed by atoms with van der Waals surface area (Å²) in [6.45, 7) is 3.50. The van der Waals surface area contributed by atoms with Crippen LogP contribution in [0.15, 0.2) is 66.7 Å². The van der Waals surface area contributed by atoms with Crippen LogP contribution in [0.3, 0.4) is 0 Å². The Labute approximate surface area is 157 Å². The van der Waals surface area contributed by atoms with E-state index in [0.717, 1.165) is 16.5 Å². The lowest BCUT2D eigenvalue weighted by molar-refractivity contribution is -0.148. The molecule has 1 aromatic heterocycles. The maximum absolute atomic E-state index is 12.1. The van der Waals surface area contributed by atoms with Crippen LogP contribution < -0.4 is 5.32 Å². The second-order valence-corrected chi connectivity index (χ2v) is 6.20. The molecule has 1 amide bonds. The SMILES string of the molecule is Cc1ccc(NC(=O)[C@H](C)OC(=O)/C=C/c2ccc3ccccc3n2)cc1. The molecule has 1 N–H and O–H groups in total. The number of aromatic nitrogens is 1. The maximum Gasteiger partial charge on any atom is 0.331 e.